The van der Waals surface area contributed by atoms with Gasteiger partial charge in [0.05, 0.1) is 12.8 Å². The molecule has 0 radical (unpaired) electrons. The second-order valence-electron chi connectivity index (χ2n) is 3.54. The first-order chi connectivity index (χ1) is 7.24. The predicted molar refractivity (Wildman–Crippen MR) is 56.0 cm³/mol. The monoisotopic (exact) mass is 207 g/mol. The molecule has 15 heavy (non-hydrogen) atoms. The summed E-state index contributed by atoms with van der Waals surface area (Å²) >= 11 is 0. The molecular formula is C11H13NO3. The van der Waals surface area contributed by atoms with Gasteiger partial charge >= 0.3 is 0 Å². The molecule has 0 aliphatic carbocycles. The van der Waals surface area contributed by atoms with Crippen LogP contribution in [0.5, 0.6) is 11.5 Å². The van der Waals surface area contributed by atoms with Gasteiger partial charge in [-0.3, -0.25) is 0 Å². The Bertz CT molecular complexity index is 401. The fourth-order valence-electron chi connectivity index (χ4n) is 1.70. The van der Waals surface area contributed by atoms with Crippen molar-refractivity contribution in [1.82, 2.24) is 0 Å². The minimum Gasteiger partial charge on any atom is -0.497 e. The quantitative estimate of drug-likeness (QED) is 0.566. The van der Waals surface area contributed by atoms with Crippen LogP contribution < -0.4 is 9.47 Å². The summed E-state index contributed by atoms with van der Waals surface area (Å²) in [5.41, 5.74) is 1.49. The molecule has 1 aliphatic heterocycles. The van der Waals surface area contributed by atoms with Crippen molar-refractivity contribution in [3.8, 4) is 11.5 Å². The van der Waals surface area contributed by atoms with Crippen molar-refractivity contribution in [1.29, 1.82) is 0 Å². The third-order valence-electron chi connectivity index (χ3n) is 2.43. The summed E-state index contributed by atoms with van der Waals surface area (Å²) < 4.78 is 10.7. The molecule has 0 saturated carbocycles. The molecule has 1 unspecified atom stereocenters. The number of hydrogen-bond acceptors (Lipinski definition) is 4. The SMILES string of the molecule is COc1ccc2c(c1)OC(C)C/C2=N\O. The molecule has 0 fully saturated rings. The van der Waals surface area contributed by atoms with Crippen molar-refractivity contribution >= 4 is 5.71 Å². The van der Waals surface area contributed by atoms with Crippen molar-refractivity contribution in [3.63, 3.8) is 0 Å². The Labute approximate surface area is 88.1 Å². The molecular weight excluding hydrogens is 194 g/mol. The van der Waals surface area contributed by atoms with E-state index in [-0.39, 0.29) is 6.10 Å². The van der Waals surface area contributed by atoms with Gasteiger partial charge in [0.2, 0.25) is 0 Å². The van der Waals surface area contributed by atoms with E-state index < -0.39 is 0 Å². The number of methoxy groups -OCH3 is 1. The normalized spacial score (nSPS) is 22.0. The second kappa shape index (κ2) is 3.81. The summed E-state index contributed by atoms with van der Waals surface area (Å²) in [6, 6.07) is 5.47. The summed E-state index contributed by atoms with van der Waals surface area (Å²) in [6.07, 6.45) is 0.644. The Morgan fingerprint density at radius 3 is 3.00 bits per heavy atom. The van der Waals surface area contributed by atoms with Gasteiger partial charge in [0.1, 0.15) is 17.6 Å². The zero-order valence-corrected chi connectivity index (χ0v) is 8.73. The summed E-state index contributed by atoms with van der Waals surface area (Å²) in [6.45, 7) is 1.94. The van der Waals surface area contributed by atoms with Gasteiger partial charge in [0.25, 0.3) is 0 Å². The highest BCUT2D eigenvalue weighted by Gasteiger charge is 2.22. The molecule has 0 amide bonds. The molecule has 1 heterocycles. The maximum absolute atomic E-state index is 8.88. The van der Waals surface area contributed by atoms with E-state index in [1.54, 1.807) is 13.2 Å². The highest BCUT2D eigenvalue weighted by atomic mass is 16.5. The van der Waals surface area contributed by atoms with Crippen LogP contribution in [0.25, 0.3) is 0 Å². The van der Waals surface area contributed by atoms with Crippen molar-refractivity contribution in [2.45, 2.75) is 19.4 Å². The standard InChI is InChI=1S/C11H13NO3/c1-7-5-10(12-13)9-4-3-8(14-2)6-11(9)15-7/h3-4,6-7,13H,5H2,1-2H3/b12-10+. The Morgan fingerprint density at radius 1 is 1.53 bits per heavy atom. The molecule has 0 bridgehead atoms. The van der Waals surface area contributed by atoms with E-state index >= 15 is 0 Å². The fraction of sp³-hybridized carbons (Fsp3) is 0.364. The minimum absolute atomic E-state index is 0.0236. The third kappa shape index (κ3) is 1.75. The first-order valence-electron chi connectivity index (χ1n) is 4.80. The van der Waals surface area contributed by atoms with Crippen LogP contribution in [0.2, 0.25) is 0 Å². The molecule has 0 spiro atoms. The average molecular weight is 207 g/mol. The molecule has 2 rings (SSSR count). The van der Waals surface area contributed by atoms with Crippen LogP contribution in [0.3, 0.4) is 0 Å². The van der Waals surface area contributed by atoms with E-state index in [1.165, 1.54) is 0 Å². The summed E-state index contributed by atoms with van der Waals surface area (Å²) in [5.74, 6) is 1.45. The number of rotatable bonds is 1. The minimum atomic E-state index is 0.0236. The molecule has 1 N–H and O–H groups in total. The largest absolute Gasteiger partial charge is 0.497 e. The summed E-state index contributed by atoms with van der Waals surface area (Å²) in [7, 11) is 1.61. The van der Waals surface area contributed by atoms with Crippen LogP contribution in [0.4, 0.5) is 0 Å². The van der Waals surface area contributed by atoms with Gasteiger partial charge in [-0.05, 0) is 19.1 Å². The Hall–Kier alpha value is -1.71. The van der Waals surface area contributed by atoms with Crippen LogP contribution in [0, 0.1) is 0 Å². The van der Waals surface area contributed by atoms with Crippen molar-refractivity contribution in [2.24, 2.45) is 5.16 Å². The Morgan fingerprint density at radius 2 is 2.33 bits per heavy atom. The first kappa shape index (κ1) is 9.83. The second-order valence-corrected chi connectivity index (χ2v) is 3.54. The number of ether oxygens (including phenoxy) is 2. The van der Waals surface area contributed by atoms with Crippen LogP contribution in [0.1, 0.15) is 18.9 Å². The van der Waals surface area contributed by atoms with Gasteiger partial charge in [-0.25, -0.2) is 0 Å². The van der Waals surface area contributed by atoms with Gasteiger partial charge in [0.15, 0.2) is 0 Å². The maximum Gasteiger partial charge on any atom is 0.132 e. The van der Waals surface area contributed by atoms with Gasteiger partial charge in [-0.15, -0.1) is 0 Å². The lowest BCUT2D eigenvalue weighted by molar-refractivity contribution is 0.217. The zero-order chi connectivity index (χ0) is 10.8. The van der Waals surface area contributed by atoms with E-state index in [4.69, 9.17) is 14.7 Å². The zero-order valence-electron chi connectivity index (χ0n) is 8.73. The summed E-state index contributed by atoms with van der Waals surface area (Å²) in [4.78, 5) is 0. The average Bonchev–Trinajstić information content (AvgIpc) is 2.26. The maximum atomic E-state index is 8.88. The van der Waals surface area contributed by atoms with E-state index in [0.29, 0.717) is 17.9 Å². The Kier molecular flexibility index (Phi) is 2.49. The van der Waals surface area contributed by atoms with E-state index in [0.717, 1.165) is 11.3 Å². The van der Waals surface area contributed by atoms with Gasteiger partial charge in [-0.1, -0.05) is 5.16 Å². The molecule has 1 aromatic carbocycles. The van der Waals surface area contributed by atoms with Crippen LogP contribution in [0.15, 0.2) is 23.4 Å². The number of hydrogen-bond donors (Lipinski definition) is 1. The van der Waals surface area contributed by atoms with Crippen LogP contribution in [-0.2, 0) is 0 Å². The number of fused-ring (bicyclic) bond motifs is 1. The highest BCUT2D eigenvalue weighted by molar-refractivity contribution is 6.03. The number of benzene rings is 1. The topological polar surface area (TPSA) is 51.0 Å². The number of oxime groups is 1. The molecule has 1 atom stereocenters. The molecule has 80 valence electrons. The van der Waals surface area contributed by atoms with Gasteiger partial charge in [0, 0.05) is 18.1 Å². The van der Waals surface area contributed by atoms with Gasteiger partial charge in [-0.2, -0.15) is 0 Å². The van der Waals surface area contributed by atoms with Crippen molar-refractivity contribution in [3.05, 3.63) is 23.8 Å². The first-order valence-corrected chi connectivity index (χ1v) is 4.80. The smallest absolute Gasteiger partial charge is 0.132 e. The Balaban J connectivity index is 2.47. The third-order valence-corrected chi connectivity index (χ3v) is 2.43. The highest BCUT2D eigenvalue weighted by Crippen LogP contribution is 2.31. The lowest BCUT2D eigenvalue weighted by Gasteiger charge is -2.24. The lowest BCUT2D eigenvalue weighted by Crippen LogP contribution is -2.24. The van der Waals surface area contributed by atoms with Crippen molar-refractivity contribution < 1.29 is 14.7 Å². The van der Waals surface area contributed by atoms with E-state index in [9.17, 15) is 0 Å². The lowest BCUT2D eigenvalue weighted by atomic mass is 10.0. The predicted octanol–water partition coefficient (Wildman–Crippen LogP) is 2.04. The van der Waals surface area contributed by atoms with Gasteiger partial charge < -0.3 is 14.7 Å². The van der Waals surface area contributed by atoms with E-state index in [1.807, 2.05) is 19.1 Å². The molecule has 0 saturated heterocycles. The van der Waals surface area contributed by atoms with Crippen LogP contribution >= 0.6 is 0 Å². The van der Waals surface area contributed by atoms with E-state index in [2.05, 4.69) is 5.16 Å². The molecule has 4 heteroatoms. The van der Waals surface area contributed by atoms with Crippen molar-refractivity contribution in [2.75, 3.05) is 7.11 Å². The van der Waals surface area contributed by atoms with Crippen LogP contribution in [-0.4, -0.2) is 24.1 Å². The molecule has 1 aliphatic rings. The molecule has 0 aromatic heterocycles. The fourth-order valence-corrected chi connectivity index (χ4v) is 1.70. The summed E-state index contributed by atoms with van der Waals surface area (Å²) in [5, 5.41) is 12.2. The molecule has 1 aromatic rings. The molecule has 4 nitrogen and oxygen atoms in total. The number of nitrogens with zero attached hydrogens (tertiary/aromatic N) is 1.